The summed E-state index contributed by atoms with van der Waals surface area (Å²) in [6, 6.07) is 9.61. The molecular weight excluding hydrogens is 268 g/mol. The third kappa shape index (κ3) is 3.20. The molecule has 2 rings (SSSR count). The van der Waals surface area contributed by atoms with E-state index < -0.39 is 5.97 Å². The Labute approximate surface area is 122 Å². The van der Waals surface area contributed by atoms with Crippen LogP contribution in [0.15, 0.2) is 36.4 Å². The number of hydrogen-bond donors (Lipinski definition) is 3. The van der Waals surface area contributed by atoms with Gasteiger partial charge in [0.1, 0.15) is 0 Å². The number of carboxylic acids is 1. The molecule has 5 heteroatoms. The molecule has 0 saturated carbocycles. The van der Waals surface area contributed by atoms with Crippen molar-refractivity contribution >= 4 is 23.3 Å². The van der Waals surface area contributed by atoms with Crippen LogP contribution in [0.1, 0.15) is 31.8 Å². The van der Waals surface area contributed by atoms with Gasteiger partial charge < -0.3 is 16.2 Å². The van der Waals surface area contributed by atoms with E-state index >= 15 is 0 Å². The lowest BCUT2D eigenvalue weighted by atomic mass is 10.1. The third-order valence-corrected chi connectivity index (χ3v) is 3.32. The predicted molar refractivity (Wildman–Crippen MR) is 81.7 cm³/mol. The van der Waals surface area contributed by atoms with Crippen molar-refractivity contribution in [3.05, 3.63) is 58.7 Å². The van der Waals surface area contributed by atoms with Gasteiger partial charge >= 0.3 is 5.97 Å². The van der Waals surface area contributed by atoms with E-state index in [4.69, 9.17) is 10.8 Å². The molecule has 0 unspecified atom stereocenters. The Balaban J connectivity index is 2.23. The highest BCUT2D eigenvalue weighted by atomic mass is 16.4. The number of nitrogen functional groups attached to an aromatic ring is 1. The molecule has 0 radical (unpaired) electrons. The summed E-state index contributed by atoms with van der Waals surface area (Å²) in [5, 5.41) is 11.6. The Bertz CT molecular complexity index is 723. The summed E-state index contributed by atoms with van der Waals surface area (Å²) < 4.78 is 0. The highest BCUT2D eigenvalue weighted by Gasteiger charge is 2.11. The molecular formula is C16H16N2O3. The number of aromatic carboxylic acids is 1. The van der Waals surface area contributed by atoms with Gasteiger partial charge in [-0.15, -0.1) is 0 Å². The lowest BCUT2D eigenvalue weighted by Crippen LogP contribution is -2.14. The molecule has 2 aromatic carbocycles. The SMILES string of the molecule is Cc1ccc(C(=O)Nc2ccc(C(=O)O)cc2N)cc1C. The van der Waals surface area contributed by atoms with Crippen molar-refractivity contribution < 1.29 is 14.7 Å². The average molecular weight is 284 g/mol. The highest BCUT2D eigenvalue weighted by molar-refractivity contribution is 6.06. The van der Waals surface area contributed by atoms with Crippen LogP contribution in [-0.4, -0.2) is 17.0 Å². The number of hydrogen-bond acceptors (Lipinski definition) is 3. The Kier molecular flexibility index (Phi) is 3.93. The highest BCUT2D eigenvalue weighted by Crippen LogP contribution is 2.21. The summed E-state index contributed by atoms with van der Waals surface area (Å²) in [6.45, 7) is 3.90. The largest absolute Gasteiger partial charge is 0.478 e. The molecule has 0 aliphatic rings. The number of amides is 1. The quantitative estimate of drug-likeness (QED) is 0.756. The Morgan fingerprint density at radius 1 is 1.00 bits per heavy atom. The van der Waals surface area contributed by atoms with Gasteiger partial charge in [0.05, 0.1) is 16.9 Å². The second-order valence-electron chi connectivity index (χ2n) is 4.86. The zero-order valence-corrected chi connectivity index (χ0v) is 11.8. The maximum atomic E-state index is 12.2. The summed E-state index contributed by atoms with van der Waals surface area (Å²) in [5.41, 5.74) is 9.11. The van der Waals surface area contributed by atoms with Gasteiger partial charge in [-0.1, -0.05) is 6.07 Å². The van der Waals surface area contributed by atoms with Crippen LogP contribution in [0.25, 0.3) is 0 Å². The fourth-order valence-electron chi connectivity index (χ4n) is 1.89. The number of nitrogens with two attached hydrogens (primary N) is 1. The van der Waals surface area contributed by atoms with Crippen LogP contribution < -0.4 is 11.1 Å². The first-order valence-electron chi connectivity index (χ1n) is 6.40. The summed E-state index contributed by atoms with van der Waals surface area (Å²) in [6.07, 6.45) is 0. The Hall–Kier alpha value is -2.82. The molecule has 0 saturated heterocycles. The molecule has 0 fully saturated rings. The average Bonchev–Trinajstić information content (AvgIpc) is 2.43. The smallest absolute Gasteiger partial charge is 0.335 e. The van der Waals surface area contributed by atoms with E-state index in [0.717, 1.165) is 11.1 Å². The van der Waals surface area contributed by atoms with E-state index in [1.807, 2.05) is 19.9 Å². The molecule has 0 spiro atoms. The molecule has 21 heavy (non-hydrogen) atoms. The van der Waals surface area contributed by atoms with Crippen molar-refractivity contribution in [1.82, 2.24) is 0 Å². The van der Waals surface area contributed by atoms with Crippen molar-refractivity contribution in [2.75, 3.05) is 11.1 Å². The van der Waals surface area contributed by atoms with Gasteiger partial charge in [0.25, 0.3) is 5.91 Å². The minimum atomic E-state index is -1.06. The van der Waals surface area contributed by atoms with E-state index in [1.165, 1.54) is 18.2 Å². The van der Waals surface area contributed by atoms with Crippen LogP contribution in [0.5, 0.6) is 0 Å². The molecule has 5 nitrogen and oxygen atoms in total. The lowest BCUT2D eigenvalue weighted by molar-refractivity contribution is 0.0697. The minimum absolute atomic E-state index is 0.0803. The van der Waals surface area contributed by atoms with E-state index in [9.17, 15) is 9.59 Å². The molecule has 4 N–H and O–H groups in total. The number of carbonyl (C=O) groups is 2. The van der Waals surface area contributed by atoms with Crippen LogP contribution in [0.2, 0.25) is 0 Å². The van der Waals surface area contributed by atoms with Gasteiger partial charge in [0, 0.05) is 5.56 Å². The molecule has 0 aliphatic carbocycles. The Morgan fingerprint density at radius 3 is 2.24 bits per heavy atom. The standard InChI is InChI=1S/C16H16N2O3/c1-9-3-4-11(7-10(9)2)15(19)18-14-6-5-12(16(20)21)8-13(14)17/h3-8H,17H2,1-2H3,(H,18,19)(H,20,21). The van der Waals surface area contributed by atoms with Crippen LogP contribution in [0.3, 0.4) is 0 Å². The van der Waals surface area contributed by atoms with E-state index in [-0.39, 0.29) is 17.2 Å². The van der Waals surface area contributed by atoms with Crippen LogP contribution in [0.4, 0.5) is 11.4 Å². The second-order valence-corrected chi connectivity index (χ2v) is 4.86. The summed E-state index contributed by atoms with van der Waals surface area (Å²) in [7, 11) is 0. The maximum Gasteiger partial charge on any atom is 0.335 e. The van der Waals surface area contributed by atoms with Gasteiger partial charge in [-0.25, -0.2) is 4.79 Å². The number of aryl methyl sites for hydroxylation is 2. The van der Waals surface area contributed by atoms with Gasteiger partial charge in [0.15, 0.2) is 0 Å². The van der Waals surface area contributed by atoms with Crippen molar-refractivity contribution in [2.24, 2.45) is 0 Å². The van der Waals surface area contributed by atoms with Gasteiger partial charge in [0.2, 0.25) is 0 Å². The second kappa shape index (κ2) is 5.66. The topological polar surface area (TPSA) is 92.4 Å². The minimum Gasteiger partial charge on any atom is -0.478 e. The number of rotatable bonds is 3. The zero-order valence-electron chi connectivity index (χ0n) is 11.8. The lowest BCUT2D eigenvalue weighted by Gasteiger charge is -2.10. The first kappa shape index (κ1) is 14.6. The molecule has 2 aromatic rings. The van der Waals surface area contributed by atoms with Crippen LogP contribution in [0, 0.1) is 13.8 Å². The maximum absolute atomic E-state index is 12.2. The fourth-order valence-corrected chi connectivity index (χ4v) is 1.89. The van der Waals surface area contributed by atoms with E-state index in [0.29, 0.717) is 11.3 Å². The monoisotopic (exact) mass is 284 g/mol. The molecule has 0 atom stereocenters. The number of nitrogens with one attached hydrogen (secondary N) is 1. The fraction of sp³-hybridized carbons (Fsp3) is 0.125. The van der Waals surface area contributed by atoms with Crippen LogP contribution >= 0.6 is 0 Å². The molecule has 1 amide bonds. The summed E-state index contributed by atoms with van der Waals surface area (Å²) in [5.74, 6) is -1.35. The summed E-state index contributed by atoms with van der Waals surface area (Å²) in [4.78, 5) is 23.0. The molecule has 0 heterocycles. The van der Waals surface area contributed by atoms with Gasteiger partial charge in [-0.2, -0.15) is 0 Å². The van der Waals surface area contributed by atoms with E-state index in [2.05, 4.69) is 5.32 Å². The number of carbonyl (C=O) groups excluding carboxylic acids is 1. The molecule has 0 bridgehead atoms. The van der Waals surface area contributed by atoms with Crippen molar-refractivity contribution in [1.29, 1.82) is 0 Å². The number of benzene rings is 2. The first-order chi connectivity index (χ1) is 9.88. The molecule has 0 aliphatic heterocycles. The number of carboxylic acid groups (broad SMARTS) is 1. The normalized spacial score (nSPS) is 10.2. The number of anilines is 2. The first-order valence-corrected chi connectivity index (χ1v) is 6.40. The van der Waals surface area contributed by atoms with Crippen molar-refractivity contribution in [3.8, 4) is 0 Å². The molecule has 0 aromatic heterocycles. The van der Waals surface area contributed by atoms with Crippen molar-refractivity contribution in [3.63, 3.8) is 0 Å². The summed E-state index contributed by atoms with van der Waals surface area (Å²) >= 11 is 0. The van der Waals surface area contributed by atoms with Gasteiger partial charge in [-0.3, -0.25) is 4.79 Å². The van der Waals surface area contributed by atoms with Crippen LogP contribution in [-0.2, 0) is 0 Å². The predicted octanol–water partition coefficient (Wildman–Crippen LogP) is 2.84. The van der Waals surface area contributed by atoms with Gasteiger partial charge in [-0.05, 0) is 55.3 Å². The zero-order chi connectivity index (χ0) is 15.6. The third-order valence-electron chi connectivity index (χ3n) is 3.32. The van der Waals surface area contributed by atoms with Crippen molar-refractivity contribution in [2.45, 2.75) is 13.8 Å². The molecule has 108 valence electrons. The van der Waals surface area contributed by atoms with E-state index in [1.54, 1.807) is 12.1 Å². The Morgan fingerprint density at radius 2 is 1.67 bits per heavy atom.